The van der Waals surface area contributed by atoms with Gasteiger partial charge in [-0.3, -0.25) is 4.98 Å². The predicted octanol–water partition coefficient (Wildman–Crippen LogP) is 1.50. The van der Waals surface area contributed by atoms with Crippen LogP contribution in [0.3, 0.4) is 0 Å². The summed E-state index contributed by atoms with van der Waals surface area (Å²) >= 11 is 0. The maximum Gasteiger partial charge on any atom is 0.119 e. The second-order valence-corrected chi connectivity index (χ2v) is 4.68. The molecule has 0 amide bonds. The molecule has 4 nitrogen and oxygen atoms in total. The van der Waals surface area contributed by atoms with E-state index in [9.17, 15) is 5.11 Å². The van der Waals surface area contributed by atoms with Crippen molar-refractivity contribution in [2.24, 2.45) is 0 Å². The van der Waals surface area contributed by atoms with Crippen molar-refractivity contribution in [3.63, 3.8) is 0 Å². The van der Waals surface area contributed by atoms with Crippen molar-refractivity contribution < 1.29 is 14.6 Å². The van der Waals surface area contributed by atoms with Gasteiger partial charge in [0.2, 0.25) is 0 Å². The van der Waals surface area contributed by atoms with Gasteiger partial charge >= 0.3 is 0 Å². The summed E-state index contributed by atoms with van der Waals surface area (Å²) in [7, 11) is 1.65. The zero-order chi connectivity index (χ0) is 12.6. The van der Waals surface area contributed by atoms with Gasteiger partial charge in [0.25, 0.3) is 0 Å². The fraction of sp³-hybridized carbons (Fsp3) is 0.357. The monoisotopic (exact) mass is 245 g/mol. The first-order valence-corrected chi connectivity index (χ1v) is 5.91. The van der Waals surface area contributed by atoms with Crippen LogP contribution in [0.2, 0.25) is 0 Å². The Kier molecular flexibility index (Phi) is 2.69. The minimum atomic E-state index is -0.339. The van der Waals surface area contributed by atoms with Crippen molar-refractivity contribution >= 4 is 10.8 Å². The van der Waals surface area contributed by atoms with Crippen molar-refractivity contribution in [1.82, 2.24) is 4.98 Å². The summed E-state index contributed by atoms with van der Waals surface area (Å²) in [6.45, 7) is 1.12. The molecule has 1 aromatic heterocycles. The number of nitrogens with zero attached hydrogens (tertiary/aromatic N) is 1. The number of aliphatic hydroxyl groups excluding tert-OH is 1. The molecule has 0 spiro atoms. The van der Waals surface area contributed by atoms with Crippen molar-refractivity contribution in [3.05, 3.63) is 36.2 Å². The van der Waals surface area contributed by atoms with Gasteiger partial charge in [-0.05, 0) is 29.7 Å². The van der Waals surface area contributed by atoms with Crippen LogP contribution in [-0.2, 0) is 10.2 Å². The van der Waals surface area contributed by atoms with Crippen LogP contribution in [0.1, 0.15) is 5.69 Å². The van der Waals surface area contributed by atoms with E-state index in [0.29, 0.717) is 13.2 Å². The van der Waals surface area contributed by atoms with Crippen LogP contribution < -0.4 is 4.74 Å². The fourth-order valence-electron chi connectivity index (χ4n) is 2.36. The number of aromatic nitrogens is 1. The Morgan fingerprint density at radius 3 is 2.83 bits per heavy atom. The molecule has 1 N–H and O–H groups in total. The molecule has 2 aromatic rings. The molecule has 0 radical (unpaired) electrons. The Morgan fingerprint density at radius 1 is 1.39 bits per heavy atom. The van der Waals surface area contributed by atoms with Crippen LogP contribution >= 0.6 is 0 Å². The van der Waals surface area contributed by atoms with Crippen molar-refractivity contribution in [2.45, 2.75) is 5.41 Å². The molecule has 0 aliphatic carbocycles. The molecule has 0 unspecified atom stereocenters. The van der Waals surface area contributed by atoms with E-state index in [1.165, 1.54) is 0 Å². The first kappa shape index (κ1) is 11.4. The first-order valence-electron chi connectivity index (χ1n) is 5.91. The van der Waals surface area contributed by atoms with Gasteiger partial charge in [-0.25, -0.2) is 0 Å². The number of benzene rings is 1. The topological polar surface area (TPSA) is 51.6 Å². The lowest BCUT2D eigenvalue weighted by Crippen LogP contribution is -2.50. The Bertz CT molecular complexity index is 573. The molecule has 0 atom stereocenters. The quantitative estimate of drug-likeness (QED) is 0.890. The van der Waals surface area contributed by atoms with E-state index in [4.69, 9.17) is 9.47 Å². The Hall–Kier alpha value is -1.65. The van der Waals surface area contributed by atoms with E-state index in [2.05, 4.69) is 4.98 Å². The van der Waals surface area contributed by atoms with Crippen LogP contribution in [0.5, 0.6) is 5.75 Å². The van der Waals surface area contributed by atoms with Crippen molar-refractivity contribution in [3.8, 4) is 5.75 Å². The molecule has 0 bridgehead atoms. The summed E-state index contributed by atoms with van der Waals surface area (Å²) in [6, 6.07) is 7.83. The minimum absolute atomic E-state index is 0.0607. The Labute approximate surface area is 105 Å². The molecule has 94 valence electrons. The lowest BCUT2D eigenvalue weighted by atomic mass is 9.81. The number of pyridine rings is 1. The van der Waals surface area contributed by atoms with Gasteiger partial charge in [-0.15, -0.1) is 0 Å². The number of ether oxygens (including phenoxy) is 2. The molecule has 2 heterocycles. The Morgan fingerprint density at radius 2 is 2.22 bits per heavy atom. The third-order valence-electron chi connectivity index (χ3n) is 3.53. The molecular formula is C14H15NO3. The minimum Gasteiger partial charge on any atom is -0.497 e. The highest BCUT2D eigenvalue weighted by atomic mass is 16.5. The second kappa shape index (κ2) is 4.23. The second-order valence-electron chi connectivity index (χ2n) is 4.68. The maximum atomic E-state index is 9.61. The highest BCUT2D eigenvalue weighted by Crippen LogP contribution is 2.35. The van der Waals surface area contributed by atoms with Gasteiger partial charge in [0, 0.05) is 11.6 Å². The SMILES string of the molecule is COc1ccc2c(C3(CO)COC3)nccc2c1. The lowest BCUT2D eigenvalue weighted by molar-refractivity contribution is -0.0854. The van der Waals surface area contributed by atoms with Gasteiger partial charge in [0.15, 0.2) is 0 Å². The molecule has 3 rings (SSSR count). The number of methoxy groups -OCH3 is 1. The number of fused-ring (bicyclic) bond motifs is 1. The molecule has 1 fully saturated rings. The van der Waals surface area contributed by atoms with Crippen molar-refractivity contribution in [2.75, 3.05) is 26.9 Å². The molecule has 0 saturated carbocycles. The van der Waals surface area contributed by atoms with Crippen LogP contribution in [-0.4, -0.2) is 37.0 Å². The number of hydrogen-bond donors (Lipinski definition) is 1. The van der Waals surface area contributed by atoms with Crippen LogP contribution in [0, 0.1) is 0 Å². The number of aliphatic hydroxyl groups is 1. The zero-order valence-corrected chi connectivity index (χ0v) is 10.2. The average molecular weight is 245 g/mol. The van der Waals surface area contributed by atoms with Crippen LogP contribution in [0.25, 0.3) is 10.8 Å². The normalized spacial score (nSPS) is 17.4. The standard InChI is InChI=1S/C14H15NO3/c1-17-11-2-3-12-10(6-11)4-5-15-13(12)14(7-16)8-18-9-14/h2-6,16H,7-9H2,1H3. The largest absolute Gasteiger partial charge is 0.497 e. The molecule has 1 aromatic carbocycles. The summed E-state index contributed by atoms with van der Waals surface area (Å²) < 4.78 is 10.5. The van der Waals surface area contributed by atoms with Gasteiger partial charge in [-0.2, -0.15) is 0 Å². The van der Waals surface area contributed by atoms with E-state index < -0.39 is 0 Å². The summed E-state index contributed by atoms with van der Waals surface area (Å²) in [4.78, 5) is 4.45. The molecular weight excluding hydrogens is 230 g/mol. The lowest BCUT2D eigenvalue weighted by Gasteiger charge is -2.39. The van der Waals surface area contributed by atoms with Crippen LogP contribution in [0.4, 0.5) is 0 Å². The maximum absolute atomic E-state index is 9.61. The average Bonchev–Trinajstić information content (AvgIpc) is 2.37. The van der Waals surface area contributed by atoms with Gasteiger partial charge in [0.1, 0.15) is 5.75 Å². The fourth-order valence-corrected chi connectivity index (χ4v) is 2.36. The zero-order valence-electron chi connectivity index (χ0n) is 10.2. The first-order chi connectivity index (χ1) is 8.79. The van der Waals surface area contributed by atoms with Gasteiger partial charge < -0.3 is 14.6 Å². The van der Waals surface area contributed by atoms with E-state index >= 15 is 0 Å². The van der Waals surface area contributed by atoms with E-state index in [1.807, 2.05) is 24.3 Å². The van der Waals surface area contributed by atoms with Gasteiger partial charge in [-0.1, -0.05) is 0 Å². The van der Waals surface area contributed by atoms with Gasteiger partial charge in [0.05, 0.1) is 38.0 Å². The summed E-state index contributed by atoms with van der Waals surface area (Å²) in [5.41, 5.74) is 0.574. The van der Waals surface area contributed by atoms with E-state index in [-0.39, 0.29) is 12.0 Å². The summed E-state index contributed by atoms with van der Waals surface area (Å²) in [5.74, 6) is 0.822. The van der Waals surface area contributed by atoms with Crippen LogP contribution in [0.15, 0.2) is 30.5 Å². The predicted molar refractivity (Wildman–Crippen MR) is 67.9 cm³/mol. The molecule has 1 aliphatic rings. The highest BCUT2D eigenvalue weighted by molar-refractivity contribution is 5.86. The summed E-state index contributed by atoms with van der Waals surface area (Å²) in [6.07, 6.45) is 1.77. The number of hydrogen-bond acceptors (Lipinski definition) is 4. The molecule has 1 aliphatic heterocycles. The van der Waals surface area contributed by atoms with E-state index in [0.717, 1.165) is 22.2 Å². The molecule has 18 heavy (non-hydrogen) atoms. The number of rotatable bonds is 3. The third-order valence-corrected chi connectivity index (χ3v) is 3.53. The molecule has 4 heteroatoms. The van der Waals surface area contributed by atoms with Crippen molar-refractivity contribution in [1.29, 1.82) is 0 Å². The Balaban J connectivity index is 2.18. The third kappa shape index (κ3) is 1.57. The molecule has 1 saturated heterocycles. The highest BCUT2D eigenvalue weighted by Gasteiger charge is 2.42. The van der Waals surface area contributed by atoms with E-state index in [1.54, 1.807) is 13.3 Å². The smallest absolute Gasteiger partial charge is 0.119 e. The summed E-state index contributed by atoms with van der Waals surface area (Å²) in [5, 5.41) is 11.7.